The van der Waals surface area contributed by atoms with Crippen molar-refractivity contribution in [3.63, 3.8) is 0 Å². The van der Waals surface area contributed by atoms with E-state index in [4.69, 9.17) is 9.94 Å². The molecule has 9 nitrogen and oxygen atoms in total. The summed E-state index contributed by atoms with van der Waals surface area (Å²) in [6, 6.07) is 6.48. The van der Waals surface area contributed by atoms with E-state index in [9.17, 15) is 14.8 Å². The van der Waals surface area contributed by atoms with Gasteiger partial charge in [0.2, 0.25) is 12.0 Å². The van der Waals surface area contributed by atoms with Gasteiger partial charge in [-0.25, -0.2) is 4.90 Å². The molecule has 1 fully saturated rings. The molecule has 0 radical (unpaired) electrons. The maximum atomic E-state index is 12.1. The van der Waals surface area contributed by atoms with Gasteiger partial charge in [-0.1, -0.05) is 12.1 Å². The Morgan fingerprint density at radius 3 is 2.33 bits per heavy atom. The van der Waals surface area contributed by atoms with E-state index >= 15 is 0 Å². The number of nitrogens with zero attached hydrogens (tertiary/aromatic N) is 4. The van der Waals surface area contributed by atoms with Crippen LogP contribution in [0.3, 0.4) is 0 Å². The second-order valence-corrected chi connectivity index (χ2v) is 5.76. The summed E-state index contributed by atoms with van der Waals surface area (Å²) in [5, 5.41) is 25.8. The van der Waals surface area contributed by atoms with Crippen LogP contribution in [0, 0.1) is 11.1 Å². The lowest BCUT2D eigenvalue weighted by molar-refractivity contribution is -0.713. The van der Waals surface area contributed by atoms with Gasteiger partial charge in [-0.3, -0.25) is 9.59 Å². The molecule has 0 saturated carbocycles. The quantitative estimate of drug-likeness (QED) is 0.368. The van der Waals surface area contributed by atoms with Gasteiger partial charge in [-0.05, 0) is 30.9 Å². The molecule has 2 heterocycles. The van der Waals surface area contributed by atoms with Crippen LogP contribution >= 0.6 is 0 Å². The Hall–Kier alpha value is -2.68. The fraction of sp³-hybridized carbons (Fsp3) is 0.467. The van der Waals surface area contributed by atoms with Crippen LogP contribution in [0.5, 0.6) is 0 Å². The van der Waals surface area contributed by atoms with Crippen molar-refractivity contribution in [2.45, 2.75) is 12.8 Å². The fourth-order valence-electron chi connectivity index (χ4n) is 2.81. The Morgan fingerprint density at radius 1 is 1.21 bits per heavy atom. The van der Waals surface area contributed by atoms with Gasteiger partial charge in [0, 0.05) is 6.61 Å². The zero-order chi connectivity index (χ0) is 17.1. The van der Waals surface area contributed by atoms with Crippen molar-refractivity contribution in [2.75, 3.05) is 26.4 Å². The van der Waals surface area contributed by atoms with E-state index in [1.54, 1.807) is 24.3 Å². The van der Waals surface area contributed by atoms with Crippen LogP contribution < -0.4 is 0 Å². The lowest BCUT2D eigenvalue weighted by Crippen LogP contribution is -2.39. The highest BCUT2D eigenvalue weighted by Crippen LogP contribution is 2.22. The lowest BCUT2D eigenvalue weighted by atomic mass is 9.99. The molecule has 0 unspecified atom stereocenters. The third-order valence-corrected chi connectivity index (χ3v) is 4.28. The number of hydrogen-bond acceptors (Lipinski definition) is 6. The smallest absolute Gasteiger partial charge is 0.264 e. The van der Waals surface area contributed by atoms with Crippen LogP contribution in [-0.4, -0.2) is 58.2 Å². The molecule has 0 bridgehead atoms. The average molecular weight is 334 g/mol. The zero-order valence-electron chi connectivity index (χ0n) is 13.0. The molecule has 1 aromatic carbocycles. The number of carbonyl (C=O) groups excluding carboxylic acids is 2. The number of piperidine rings is 1. The highest BCUT2D eigenvalue weighted by Gasteiger charge is 2.35. The summed E-state index contributed by atoms with van der Waals surface area (Å²) < 4.78 is 0. The molecule has 1 N–H and O–H groups in total. The second kappa shape index (κ2) is 6.83. The first-order valence-corrected chi connectivity index (χ1v) is 7.73. The first kappa shape index (κ1) is 16.2. The summed E-state index contributed by atoms with van der Waals surface area (Å²) >= 11 is 0. The van der Waals surface area contributed by atoms with Crippen molar-refractivity contribution in [1.82, 2.24) is 9.91 Å². The lowest BCUT2D eigenvalue weighted by Gasteiger charge is -2.26. The number of hydrogen-bond donors (Lipinski definition) is 1. The fourth-order valence-corrected chi connectivity index (χ4v) is 2.81. The summed E-state index contributed by atoms with van der Waals surface area (Å²) in [6.45, 7) is 0.626. The van der Waals surface area contributed by atoms with Gasteiger partial charge in [0.15, 0.2) is 0 Å². The maximum Gasteiger partial charge on any atom is 0.264 e. The summed E-state index contributed by atoms with van der Waals surface area (Å²) in [6.07, 6.45) is 1.40. The Bertz CT molecular complexity index is 635. The molecule has 0 aromatic heterocycles. The van der Waals surface area contributed by atoms with Crippen molar-refractivity contribution < 1.29 is 24.5 Å². The summed E-state index contributed by atoms with van der Waals surface area (Å²) in [4.78, 5) is 30.3. The van der Waals surface area contributed by atoms with Gasteiger partial charge in [0.1, 0.15) is 0 Å². The van der Waals surface area contributed by atoms with Gasteiger partial charge in [0.05, 0.1) is 29.2 Å². The molecule has 24 heavy (non-hydrogen) atoms. The zero-order valence-corrected chi connectivity index (χ0v) is 13.0. The number of hydrazine groups is 1. The number of benzene rings is 1. The number of fused-ring (bicyclic) bond motifs is 1. The van der Waals surface area contributed by atoms with E-state index in [2.05, 4.69) is 5.28 Å². The first-order valence-electron chi connectivity index (χ1n) is 7.73. The van der Waals surface area contributed by atoms with Crippen LogP contribution in [0.15, 0.2) is 29.5 Å². The van der Waals surface area contributed by atoms with Crippen molar-refractivity contribution in [3.05, 3.63) is 40.6 Å². The number of imide groups is 1. The Morgan fingerprint density at radius 2 is 1.79 bits per heavy atom. The third kappa shape index (κ3) is 3.02. The van der Waals surface area contributed by atoms with Gasteiger partial charge in [-0.15, -0.1) is 5.01 Å². The van der Waals surface area contributed by atoms with E-state index in [1.807, 2.05) is 0 Å². The van der Waals surface area contributed by atoms with Crippen molar-refractivity contribution >= 4 is 11.8 Å². The van der Waals surface area contributed by atoms with Gasteiger partial charge >= 0.3 is 0 Å². The topological polar surface area (TPSA) is 109 Å². The number of rotatable bonds is 5. The molecule has 0 spiro atoms. The molecule has 2 aliphatic rings. The Kier molecular flexibility index (Phi) is 4.61. The minimum Gasteiger partial charge on any atom is -0.569 e. The molecule has 1 saturated heterocycles. The summed E-state index contributed by atoms with van der Waals surface area (Å²) in [7, 11) is 0. The van der Waals surface area contributed by atoms with Crippen LogP contribution in [0.2, 0.25) is 0 Å². The van der Waals surface area contributed by atoms with Crippen LogP contribution in [0.25, 0.3) is 0 Å². The molecule has 0 atom stereocenters. The van der Waals surface area contributed by atoms with Gasteiger partial charge < -0.3 is 15.2 Å². The predicted molar refractivity (Wildman–Crippen MR) is 80.3 cm³/mol. The largest absolute Gasteiger partial charge is 0.569 e. The minimum absolute atomic E-state index is 0.111. The third-order valence-electron chi connectivity index (χ3n) is 4.28. The second-order valence-electron chi connectivity index (χ2n) is 5.76. The molecule has 2 aliphatic heterocycles. The van der Waals surface area contributed by atoms with Crippen LogP contribution in [0.4, 0.5) is 0 Å². The first-order chi connectivity index (χ1) is 11.6. The van der Waals surface area contributed by atoms with E-state index < -0.39 is 18.5 Å². The Balaban J connectivity index is 1.55. The standard InChI is InChI=1S/C15H18N4O5/c20-9-11-5-7-17(8-6-11)19(23)16-24-10-18-14(21)12-3-1-2-4-13(12)15(18)22/h1-4,11,20H,5-10H2. The molecule has 9 heteroatoms. The molecular formula is C15H18N4O5. The highest BCUT2D eigenvalue weighted by atomic mass is 16.7. The van der Waals surface area contributed by atoms with E-state index in [0.29, 0.717) is 42.0 Å². The molecular weight excluding hydrogens is 316 g/mol. The number of aliphatic hydroxyl groups is 1. The minimum atomic E-state index is -0.466. The number of amides is 2. The van der Waals surface area contributed by atoms with E-state index in [0.717, 1.165) is 4.90 Å². The molecule has 1 aromatic rings. The van der Waals surface area contributed by atoms with E-state index in [-0.39, 0.29) is 12.5 Å². The molecule has 2 amide bonds. The summed E-state index contributed by atoms with van der Waals surface area (Å²) in [5.41, 5.74) is 0.632. The van der Waals surface area contributed by atoms with Gasteiger partial charge in [0.25, 0.3) is 11.8 Å². The van der Waals surface area contributed by atoms with Crippen molar-refractivity contribution in [3.8, 4) is 0 Å². The van der Waals surface area contributed by atoms with E-state index in [1.165, 1.54) is 5.01 Å². The molecule has 0 aliphatic carbocycles. The highest BCUT2D eigenvalue weighted by molar-refractivity contribution is 6.21. The maximum absolute atomic E-state index is 12.1. The average Bonchev–Trinajstić information content (AvgIpc) is 2.87. The summed E-state index contributed by atoms with van der Waals surface area (Å²) in [5.74, 6) is -0.729. The number of aliphatic hydroxyl groups excluding tert-OH is 1. The molecule has 3 rings (SSSR count). The van der Waals surface area contributed by atoms with Crippen molar-refractivity contribution in [1.29, 1.82) is 0 Å². The monoisotopic (exact) mass is 334 g/mol. The van der Waals surface area contributed by atoms with Crippen LogP contribution in [-0.2, 0) is 4.84 Å². The SMILES string of the molecule is O=C1c2ccccc2C(=O)N1CON=[N+]([O-])N1CCC(CO)CC1. The predicted octanol–water partition coefficient (Wildman–Crippen LogP) is 0.754. The molecule has 128 valence electrons. The number of carbonyl (C=O) groups is 2. The Labute approximate surface area is 138 Å². The van der Waals surface area contributed by atoms with Crippen molar-refractivity contribution in [2.24, 2.45) is 11.2 Å². The van der Waals surface area contributed by atoms with Gasteiger partial charge in [-0.2, -0.15) is 0 Å². The van der Waals surface area contributed by atoms with Crippen LogP contribution in [0.1, 0.15) is 33.6 Å². The normalized spacial score (nSPS) is 19.0.